The molecular weight excluding hydrogens is 569 g/mol. The standard InChI is InChI=1S/C26H17Cl2N3O5S2/c27-13-3-7-15(8-4-13)29-18(32)12-30-25-22(38-26(30)35)19(17-2-1-11-36-17)20-21(37-25)24(34)31(23(20)33)16-9-5-14(28)6-10-16/h1-11,19-21H,12H2,(H,29,32)/t19-,20?,21?/m1/s1. The van der Waals surface area contributed by atoms with Crippen LogP contribution in [0.15, 0.2) is 81.2 Å². The Morgan fingerprint density at radius 1 is 0.947 bits per heavy atom. The Labute approximate surface area is 234 Å². The number of thiazole rings is 1. The number of hydrogen-bond donors (Lipinski definition) is 1. The predicted molar refractivity (Wildman–Crippen MR) is 146 cm³/mol. The first-order valence-corrected chi connectivity index (χ1v) is 13.9. The van der Waals surface area contributed by atoms with Gasteiger partial charge in [-0.1, -0.05) is 46.3 Å². The van der Waals surface area contributed by atoms with Gasteiger partial charge in [0.1, 0.15) is 17.6 Å². The zero-order valence-corrected chi connectivity index (χ0v) is 22.4. The van der Waals surface area contributed by atoms with Crippen molar-refractivity contribution in [3.8, 4) is 0 Å². The summed E-state index contributed by atoms with van der Waals surface area (Å²) in [7, 11) is 0. The van der Waals surface area contributed by atoms with Gasteiger partial charge in [0.2, 0.25) is 17.7 Å². The van der Waals surface area contributed by atoms with Crippen LogP contribution in [0.4, 0.5) is 11.4 Å². The molecule has 2 aromatic carbocycles. The number of imide groups is 1. The second-order valence-electron chi connectivity index (χ2n) is 8.72. The first-order chi connectivity index (χ1) is 18.3. The van der Waals surface area contributed by atoms with Gasteiger partial charge in [0, 0.05) is 15.7 Å². The summed E-state index contributed by atoms with van der Waals surface area (Å²) in [5.74, 6) is -2.15. The van der Waals surface area contributed by atoms with E-state index in [1.165, 1.54) is 15.7 Å². The van der Waals surface area contributed by atoms with Gasteiger partial charge >= 0.3 is 4.87 Å². The summed E-state index contributed by atoms with van der Waals surface area (Å²) in [4.78, 5) is 54.7. The van der Waals surface area contributed by atoms with Crippen LogP contribution in [0.25, 0.3) is 0 Å². The van der Waals surface area contributed by atoms with Crippen LogP contribution < -0.4 is 15.1 Å². The minimum atomic E-state index is -0.805. The van der Waals surface area contributed by atoms with Gasteiger partial charge in [-0.25, -0.2) is 4.90 Å². The van der Waals surface area contributed by atoms with Crippen molar-refractivity contribution in [3.63, 3.8) is 0 Å². The second-order valence-corrected chi connectivity index (χ2v) is 11.7. The third-order valence-electron chi connectivity index (χ3n) is 6.41. The molecule has 0 radical (unpaired) electrons. The number of nitrogens with one attached hydrogen (secondary N) is 1. The summed E-state index contributed by atoms with van der Waals surface area (Å²) >= 11 is 14.0. The van der Waals surface area contributed by atoms with Gasteiger partial charge in [-0.3, -0.25) is 23.7 Å². The molecule has 8 nitrogen and oxygen atoms in total. The number of halogens is 2. The van der Waals surface area contributed by atoms with Crippen molar-refractivity contribution in [2.45, 2.75) is 22.7 Å². The van der Waals surface area contributed by atoms with Crippen molar-refractivity contribution in [2.24, 2.45) is 5.92 Å². The monoisotopic (exact) mass is 585 g/mol. The summed E-state index contributed by atoms with van der Waals surface area (Å²) in [5, 5.41) is 3.44. The highest BCUT2D eigenvalue weighted by atomic mass is 35.5. The number of furan rings is 1. The van der Waals surface area contributed by atoms with Gasteiger partial charge in [-0.05, 0) is 60.7 Å². The van der Waals surface area contributed by atoms with Crippen molar-refractivity contribution < 1.29 is 18.8 Å². The lowest BCUT2D eigenvalue weighted by Gasteiger charge is -2.29. The fourth-order valence-corrected chi connectivity index (χ4v) is 7.76. The number of rotatable bonds is 5. The highest BCUT2D eigenvalue weighted by Crippen LogP contribution is 2.53. The van der Waals surface area contributed by atoms with Gasteiger partial charge in [-0.15, -0.1) is 0 Å². The van der Waals surface area contributed by atoms with Crippen LogP contribution in [0.5, 0.6) is 0 Å². The molecule has 3 amide bonds. The number of aromatic nitrogens is 1. The molecular formula is C26H17Cl2N3O5S2. The molecule has 0 bridgehead atoms. The van der Waals surface area contributed by atoms with Crippen LogP contribution in [-0.2, 0) is 20.9 Å². The number of anilines is 2. The number of carbonyl (C=O) groups is 3. The van der Waals surface area contributed by atoms with E-state index < -0.39 is 28.9 Å². The quantitative estimate of drug-likeness (QED) is 0.321. The number of nitrogens with zero attached hydrogens (tertiary/aromatic N) is 2. The fourth-order valence-electron chi connectivity index (χ4n) is 4.75. The van der Waals surface area contributed by atoms with Crippen molar-refractivity contribution in [1.29, 1.82) is 0 Å². The highest BCUT2D eigenvalue weighted by molar-refractivity contribution is 8.00. The van der Waals surface area contributed by atoms with Gasteiger partial charge < -0.3 is 9.73 Å². The molecule has 38 heavy (non-hydrogen) atoms. The van der Waals surface area contributed by atoms with E-state index in [0.717, 1.165) is 23.1 Å². The summed E-state index contributed by atoms with van der Waals surface area (Å²) < 4.78 is 7.05. The number of amides is 3. The van der Waals surface area contributed by atoms with Crippen molar-refractivity contribution in [3.05, 3.63) is 97.3 Å². The van der Waals surface area contributed by atoms with E-state index in [-0.39, 0.29) is 17.3 Å². The topological polar surface area (TPSA) is 102 Å². The Hall–Kier alpha value is -3.31. The molecule has 1 fully saturated rings. The largest absolute Gasteiger partial charge is 0.469 e. The Balaban J connectivity index is 1.38. The molecule has 1 N–H and O–H groups in total. The fraction of sp³-hybridized carbons (Fsp3) is 0.154. The predicted octanol–water partition coefficient (Wildman–Crippen LogP) is 5.24. The summed E-state index contributed by atoms with van der Waals surface area (Å²) in [6.07, 6.45) is 1.49. The third-order valence-corrected chi connectivity index (χ3v) is 9.52. The Kier molecular flexibility index (Phi) is 6.43. The van der Waals surface area contributed by atoms with E-state index in [0.29, 0.717) is 37.1 Å². The zero-order valence-electron chi connectivity index (χ0n) is 19.3. The van der Waals surface area contributed by atoms with Crippen LogP contribution in [0.3, 0.4) is 0 Å². The maximum Gasteiger partial charge on any atom is 0.308 e. The Bertz CT molecular complexity index is 1610. The molecule has 2 aliphatic heterocycles. The minimum absolute atomic E-state index is 0.258. The molecule has 2 aliphatic rings. The average Bonchev–Trinajstić information content (AvgIpc) is 3.59. The van der Waals surface area contributed by atoms with Crippen molar-refractivity contribution in [2.75, 3.05) is 10.2 Å². The lowest BCUT2D eigenvalue weighted by atomic mass is 9.87. The third kappa shape index (κ3) is 4.27. The normalized spacial score (nSPS) is 20.4. The minimum Gasteiger partial charge on any atom is -0.469 e. The van der Waals surface area contributed by atoms with E-state index in [1.807, 2.05) is 0 Å². The number of benzene rings is 2. The van der Waals surface area contributed by atoms with E-state index in [4.69, 9.17) is 27.6 Å². The average molecular weight is 586 g/mol. The molecule has 4 aromatic rings. The molecule has 0 saturated carbocycles. The highest BCUT2D eigenvalue weighted by Gasteiger charge is 2.57. The summed E-state index contributed by atoms with van der Waals surface area (Å²) in [6, 6.07) is 16.5. The molecule has 0 spiro atoms. The number of thioether (sulfide) groups is 1. The SMILES string of the molecule is O=C(Cn1c2c(sc1=O)[C@H](c1ccco1)C1C(=O)N(c3ccc(Cl)cc3)C(=O)C1S2)Nc1ccc(Cl)cc1. The van der Waals surface area contributed by atoms with Gasteiger partial charge in [0.05, 0.1) is 33.7 Å². The lowest BCUT2D eigenvalue weighted by molar-refractivity contribution is -0.122. The molecule has 4 heterocycles. The van der Waals surface area contributed by atoms with Crippen LogP contribution >= 0.6 is 46.3 Å². The molecule has 0 aliphatic carbocycles. The van der Waals surface area contributed by atoms with Crippen LogP contribution in [0, 0.1) is 5.92 Å². The zero-order chi connectivity index (χ0) is 26.6. The van der Waals surface area contributed by atoms with Gasteiger partial charge in [0.15, 0.2) is 0 Å². The maximum atomic E-state index is 13.7. The molecule has 2 aromatic heterocycles. The number of fused-ring (bicyclic) bond motifs is 2. The van der Waals surface area contributed by atoms with Crippen LogP contribution in [0.1, 0.15) is 16.6 Å². The van der Waals surface area contributed by atoms with Crippen LogP contribution in [0.2, 0.25) is 10.0 Å². The number of hydrogen-bond acceptors (Lipinski definition) is 7. The van der Waals surface area contributed by atoms with Gasteiger partial charge in [0.25, 0.3) is 0 Å². The van der Waals surface area contributed by atoms with Crippen LogP contribution in [-0.4, -0.2) is 27.5 Å². The van der Waals surface area contributed by atoms with Crippen molar-refractivity contribution in [1.82, 2.24) is 4.57 Å². The lowest BCUT2D eigenvalue weighted by Crippen LogP contribution is -2.32. The Morgan fingerprint density at radius 3 is 2.29 bits per heavy atom. The number of carbonyl (C=O) groups excluding carboxylic acids is 3. The molecule has 12 heteroatoms. The molecule has 1 saturated heterocycles. The molecule has 6 rings (SSSR count). The van der Waals surface area contributed by atoms with Gasteiger partial charge in [-0.2, -0.15) is 0 Å². The first-order valence-electron chi connectivity index (χ1n) is 11.4. The van der Waals surface area contributed by atoms with E-state index in [1.54, 1.807) is 60.7 Å². The van der Waals surface area contributed by atoms with Crippen molar-refractivity contribution >= 4 is 75.4 Å². The molecule has 2 unspecified atom stereocenters. The molecule has 192 valence electrons. The summed E-state index contributed by atoms with van der Waals surface area (Å²) in [6.45, 7) is -0.258. The second kappa shape index (κ2) is 9.77. The Morgan fingerprint density at radius 2 is 1.63 bits per heavy atom. The maximum absolute atomic E-state index is 13.7. The van der Waals surface area contributed by atoms with E-state index in [2.05, 4.69) is 5.32 Å². The van der Waals surface area contributed by atoms with E-state index in [9.17, 15) is 19.2 Å². The van der Waals surface area contributed by atoms with E-state index >= 15 is 0 Å². The smallest absolute Gasteiger partial charge is 0.308 e. The first kappa shape index (κ1) is 25.0. The summed E-state index contributed by atoms with van der Waals surface area (Å²) in [5.41, 5.74) is 0.952. The molecule has 3 atom stereocenters.